The number of amides is 1. The minimum absolute atomic E-state index is 0.0469. The summed E-state index contributed by atoms with van der Waals surface area (Å²) >= 11 is 0. The molecular weight excluding hydrogens is 438 g/mol. The Bertz CT molecular complexity index is 1420. The van der Waals surface area contributed by atoms with Gasteiger partial charge in [0.1, 0.15) is 0 Å². The molecule has 2 aromatic carbocycles. The number of aryl methyl sites for hydroxylation is 1. The topological polar surface area (TPSA) is 109 Å². The molecule has 0 bridgehead atoms. The smallest absolute Gasteiger partial charge is 0.251 e. The largest absolute Gasteiger partial charge is 0.395 e. The average Bonchev–Trinajstić information content (AvgIpc) is 2.82. The minimum atomic E-state index is -3.67. The molecule has 7 nitrogen and oxygen atoms in total. The van der Waals surface area contributed by atoms with Gasteiger partial charge in [0.05, 0.1) is 40.7 Å². The van der Waals surface area contributed by atoms with Crippen LogP contribution in [0, 0.1) is 6.92 Å². The van der Waals surface area contributed by atoms with Crippen LogP contribution in [0.1, 0.15) is 21.6 Å². The zero-order valence-electron chi connectivity index (χ0n) is 18.0. The highest BCUT2D eigenvalue weighted by Crippen LogP contribution is 2.21. The summed E-state index contributed by atoms with van der Waals surface area (Å²) in [5, 5.41) is 12.7. The lowest BCUT2D eigenvalue weighted by Crippen LogP contribution is -2.24. The molecule has 0 aliphatic rings. The average molecular weight is 462 g/mol. The number of benzene rings is 2. The minimum Gasteiger partial charge on any atom is -0.395 e. The molecule has 1 amide bonds. The monoisotopic (exact) mass is 461 g/mol. The molecule has 168 valence electrons. The van der Waals surface area contributed by atoms with Crippen LogP contribution >= 0.6 is 0 Å². The highest BCUT2D eigenvalue weighted by atomic mass is 32.2. The number of hydrogen-bond acceptors (Lipinski definition) is 6. The van der Waals surface area contributed by atoms with E-state index in [1.807, 2.05) is 48.5 Å². The van der Waals surface area contributed by atoms with E-state index in [4.69, 9.17) is 10.1 Å². The lowest BCUT2D eigenvalue weighted by atomic mass is 10.1. The lowest BCUT2D eigenvalue weighted by molar-refractivity contribution is 0.0950. The molecule has 0 aliphatic carbocycles. The molecule has 4 aromatic rings. The van der Waals surface area contributed by atoms with Crippen molar-refractivity contribution in [1.82, 2.24) is 15.3 Å². The van der Waals surface area contributed by atoms with Crippen LogP contribution < -0.4 is 5.32 Å². The molecule has 0 spiro atoms. The molecule has 0 saturated heterocycles. The number of carbonyl (C=O) groups excluding carboxylic acids is 1. The molecule has 0 saturated carbocycles. The van der Waals surface area contributed by atoms with Crippen molar-refractivity contribution in [3.63, 3.8) is 0 Å². The van der Waals surface area contributed by atoms with Gasteiger partial charge in [-0.3, -0.25) is 9.78 Å². The lowest BCUT2D eigenvalue weighted by Gasteiger charge is -2.10. The van der Waals surface area contributed by atoms with Gasteiger partial charge in [0.2, 0.25) is 0 Å². The fourth-order valence-corrected chi connectivity index (χ4v) is 4.83. The number of fused-ring (bicyclic) bond motifs is 1. The van der Waals surface area contributed by atoms with E-state index in [1.54, 1.807) is 25.3 Å². The number of nitrogens with zero attached hydrogens (tertiary/aromatic N) is 2. The molecule has 0 unspecified atom stereocenters. The van der Waals surface area contributed by atoms with E-state index in [0.717, 1.165) is 22.2 Å². The molecule has 2 aromatic heterocycles. The molecule has 0 fully saturated rings. The number of aliphatic hydroxyl groups is 1. The third-order valence-electron chi connectivity index (χ3n) is 5.28. The van der Waals surface area contributed by atoms with Gasteiger partial charge in [-0.1, -0.05) is 36.4 Å². The standard InChI is InChI=1S/C25H23N3O4S/c1-17-7-8-19(13-24(17)33(31,32)12-11-29)25(30)27-16-21-14-23-20(15-26-21)9-10-22(28-23)18-5-3-2-4-6-18/h2-10,13-15,29H,11-12,16H2,1H3,(H,27,30). The van der Waals surface area contributed by atoms with Gasteiger partial charge in [0, 0.05) is 22.7 Å². The van der Waals surface area contributed by atoms with E-state index in [-0.39, 0.29) is 17.0 Å². The van der Waals surface area contributed by atoms with E-state index in [2.05, 4.69) is 10.3 Å². The van der Waals surface area contributed by atoms with Gasteiger partial charge >= 0.3 is 0 Å². The summed E-state index contributed by atoms with van der Waals surface area (Å²) in [6.45, 7) is 1.34. The van der Waals surface area contributed by atoms with Crippen LogP contribution in [0.2, 0.25) is 0 Å². The Hall–Kier alpha value is -3.62. The number of aliphatic hydroxyl groups excluding tert-OH is 1. The van der Waals surface area contributed by atoms with E-state index in [0.29, 0.717) is 11.3 Å². The molecule has 33 heavy (non-hydrogen) atoms. The SMILES string of the molecule is Cc1ccc(C(=O)NCc2cc3nc(-c4ccccc4)ccc3cn2)cc1S(=O)(=O)CCO. The molecule has 2 N–H and O–H groups in total. The van der Waals surface area contributed by atoms with Crippen LogP contribution in [0.25, 0.3) is 22.2 Å². The van der Waals surface area contributed by atoms with Crippen molar-refractivity contribution >= 4 is 26.6 Å². The van der Waals surface area contributed by atoms with E-state index >= 15 is 0 Å². The van der Waals surface area contributed by atoms with Gasteiger partial charge in [-0.15, -0.1) is 0 Å². The second kappa shape index (κ2) is 9.48. The summed E-state index contributed by atoms with van der Waals surface area (Å²) in [6.07, 6.45) is 1.71. The maximum absolute atomic E-state index is 12.7. The van der Waals surface area contributed by atoms with Crippen LogP contribution in [-0.2, 0) is 16.4 Å². The van der Waals surface area contributed by atoms with E-state index in [1.165, 1.54) is 6.07 Å². The fourth-order valence-electron chi connectivity index (χ4n) is 3.50. The van der Waals surface area contributed by atoms with Crippen molar-refractivity contribution < 1.29 is 18.3 Å². The predicted octanol–water partition coefficient (Wildman–Crippen LogP) is 3.30. The number of pyridine rings is 2. The van der Waals surface area contributed by atoms with Crippen molar-refractivity contribution in [3.05, 3.63) is 89.7 Å². The highest BCUT2D eigenvalue weighted by molar-refractivity contribution is 7.91. The summed E-state index contributed by atoms with van der Waals surface area (Å²) in [5.41, 5.74) is 4.01. The summed E-state index contributed by atoms with van der Waals surface area (Å²) in [6, 6.07) is 20.1. The predicted molar refractivity (Wildman–Crippen MR) is 126 cm³/mol. The summed E-state index contributed by atoms with van der Waals surface area (Å²) in [4.78, 5) is 21.8. The number of rotatable bonds is 7. The zero-order chi connectivity index (χ0) is 23.4. The van der Waals surface area contributed by atoms with Crippen molar-refractivity contribution in [2.24, 2.45) is 0 Å². The third-order valence-corrected chi connectivity index (χ3v) is 7.11. The van der Waals surface area contributed by atoms with E-state index < -0.39 is 28.1 Å². The second-order valence-corrected chi connectivity index (χ2v) is 9.71. The van der Waals surface area contributed by atoms with Crippen LogP contribution in [0.15, 0.2) is 77.8 Å². The molecule has 0 aliphatic heterocycles. The normalized spacial score (nSPS) is 11.5. The summed E-state index contributed by atoms with van der Waals surface area (Å²) < 4.78 is 24.7. The fraction of sp³-hybridized carbons (Fsp3) is 0.160. The second-order valence-electron chi connectivity index (χ2n) is 7.64. The summed E-state index contributed by atoms with van der Waals surface area (Å²) in [5.74, 6) is -0.805. The number of carbonyl (C=O) groups is 1. The van der Waals surface area contributed by atoms with Crippen LogP contribution in [0.4, 0.5) is 0 Å². The van der Waals surface area contributed by atoms with Gasteiger partial charge < -0.3 is 10.4 Å². The van der Waals surface area contributed by atoms with Gasteiger partial charge in [-0.2, -0.15) is 0 Å². The van der Waals surface area contributed by atoms with Crippen LogP contribution in [-0.4, -0.2) is 41.8 Å². The Morgan fingerprint density at radius 1 is 1.03 bits per heavy atom. The van der Waals surface area contributed by atoms with Gasteiger partial charge in [-0.25, -0.2) is 13.4 Å². The van der Waals surface area contributed by atoms with Crippen molar-refractivity contribution in [2.75, 3.05) is 12.4 Å². The molecule has 0 atom stereocenters. The molecular formula is C25H23N3O4S. The Morgan fingerprint density at radius 2 is 1.82 bits per heavy atom. The van der Waals surface area contributed by atoms with Crippen molar-refractivity contribution in [3.8, 4) is 11.3 Å². The number of sulfone groups is 1. The third kappa shape index (κ3) is 5.08. The first-order chi connectivity index (χ1) is 15.9. The number of hydrogen-bond donors (Lipinski definition) is 2. The maximum Gasteiger partial charge on any atom is 0.251 e. The Morgan fingerprint density at radius 3 is 2.58 bits per heavy atom. The van der Waals surface area contributed by atoms with Gasteiger partial charge in [0.25, 0.3) is 5.91 Å². The Kier molecular flexibility index (Phi) is 6.48. The van der Waals surface area contributed by atoms with Crippen LogP contribution in [0.3, 0.4) is 0 Å². The van der Waals surface area contributed by atoms with Crippen molar-refractivity contribution in [1.29, 1.82) is 0 Å². The Labute approximate surface area is 192 Å². The Balaban J connectivity index is 1.53. The van der Waals surface area contributed by atoms with Crippen molar-refractivity contribution in [2.45, 2.75) is 18.4 Å². The number of aromatic nitrogens is 2. The first-order valence-electron chi connectivity index (χ1n) is 10.4. The quantitative estimate of drug-likeness (QED) is 0.437. The zero-order valence-corrected chi connectivity index (χ0v) is 18.8. The molecule has 0 radical (unpaired) electrons. The number of nitrogens with one attached hydrogen (secondary N) is 1. The summed E-state index contributed by atoms with van der Waals surface area (Å²) in [7, 11) is -3.67. The first-order valence-corrected chi connectivity index (χ1v) is 12.1. The molecule has 4 rings (SSSR count). The molecule has 8 heteroatoms. The first kappa shape index (κ1) is 22.6. The van der Waals surface area contributed by atoms with Crippen LogP contribution in [0.5, 0.6) is 0 Å². The van der Waals surface area contributed by atoms with E-state index in [9.17, 15) is 13.2 Å². The molecule has 2 heterocycles. The highest BCUT2D eigenvalue weighted by Gasteiger charge is 2.19. The van der Waals surface area contributed by atoms with Gasteiger partial charge in [0.15, 0.2) is 9.84 Å². The van der Waals surface area contributed by atoms with Gasteiger partial charge in [-0.05, 0) is 42.8 Å². The maximum atomic E-state index is 12.7.